The summed E-state index contributed by atoms with van der Waals surface area (Å²) in [5, 5.41) is 7.10. The highest BCUT2D eigenvalue weighted by atomic mass is 35.5. The Hall–Kier alpha value is -0.770. The van der Waals surface area contributed by atoms with Gasteiger partial charge in [0.15, 0.2) is 0 Å². The Bertz CT molecular complexity index is 465. The average molecular weight is 315 g/mol. The quantitative estimate of drug-likeness (QED) is 0.897. The lowest BCUT2D eigenvalue weighted by Gasteiger charge is -2.18. The summed E-state index contributed by atoms with van der Waals surface area (Å²) in [7, 11) is 0. The van der Waals surface area contributed by atoms with Crippen molar-refractivity contribution in [3.63, 3.8) is 0 Å². The molecule has 1 saturated heterocycles. The summed E-state index contributed by atoms with van der Waals surface area (Å²) in [6.45, 7) is 1.70. The van der Waals surface area contributed by atoms with Crippen LogP contribution in [0.2, 0.25) is 5.02 Å². The van der Waals surface area contributed by atoms with Gasteiger partial charge in [-0.3, -0.25) is 4.79 Å². The van der Waals surface area contributed by atoms with Crippen LogP contribution < -0.4 is 10.6 Å². The third kappa shape index (κ3) is 3.27. The SMILES string of the molecule is Cl.O=C(NCC1(c2ccc(Cl)cc2)CC1)C1CCCN1. The van der Waals surface area contributed by atoms with Gasteiger partial charge in [0, 0.05) is 17.0 Å². The first-order valence-electron chi connectivity index (χ1n) is 6.97. The lowest BCUT2D eigenvalue weighted by Crippen LogP contribution is -2.43. The molecule has 0 aromatic heterocycles. The van der Waals surface area contributed by atoms with Gasteiger partial charge in [0.1, 0.15) is 0 Å². The first kappa shape index (κ1) is 15.6. The third-order valence-corrected chi connectivity index (χ3v) is 4.54. The minimum atomic E-state index is 0. The molecule has 3 rings (SSSR count). The zero-order chi connectivity index (χ0) is 13.3. The van der Waals surface area contributed by atoms with Gasteiger partial charge in [-0.2, -0.15) is 0 Å². The Kier molecular flexibility index (Phi) is 4.95. The number of hydrogen-bond acceptors (Lipinski definition) is 2. The summed E-state index contributed by atoms with van der Waals surface area (Å²) in [5.41, 5.74) is 1.44. The van der Waals surface area contributed by atoms with Crippen molar-refractivity contribution in [1.29, 1.82) is 0 Å². The molecule has 1 atom stereocenters. The number of carbonyl (C=O) groups is 1. The summed E-state index contributed by atoms with van der Waals surface area (Å²) >= 11 is 5.92. The largest absolute Gasteiger partial charge is 0.354 e. The number of halogens is 2. The number of carbonyl (C=O) groups excluding carboxylic acids is 1. The van der Waals surface area contributed by atoms with E-state index in [1.165, 1.54) is 5.56 Å². The van der Waals surface area contributed by atoms with Gasteiger partial charge in [-0.1, -0.05) is 23.7 Å². The number of amides is 1. The fraction of sp³-hybridized carbons (Fsp3) is 0.533. The Labute approximate surface area is 130 Å². The number of rotatable bonds is 4. The highest BCUT2D eigenvalue weighted by Gasteiger charge is 2.44. The predicted molar refractivity (Wildman–Crippen MR) is 83.6 cm³/mol. The molecule has 1 amide bonds. The van der Waals surface area contributed by atoms with Crippen molar-refractivity contribution >= 4 is 29.9 Å². The van der Waals surface area contributed by atoms with Crippen molar-refractivity contribution < 1.29 is 4.79 Å². The molecule has 1 aromatic carbocycles. The van der Waals surface area contributed by atoms with E-state index in [1.54, 1.807) is 0 Å². The molecule has 5 heteroatoms. The molecule has 0 bridgehead atoms. The van der Waals surface area contributed by atoms with Crippen molar-refractivity contribution in [2.75, 3.05) is 13.1 Å². The monoisotopic (exact) mass is 314 g/mol. The average Bonchev–Trinajstić information content (AvgIpc) is 3.01. The van der Waals surface area contributed by atoms with Crippen molar-refractivity contribution in [1.82, 2.24) is 10.6 Å². The Morgan fingerprint density at radius 3 is 2.60 bits per heavy atom. The van der Waals surface area contributed by atoms with E-state index in [4.69, 9.17) is 11.6 Å². The molecular weight excluding hydrogens is 295 g/mol. The minimum absolute atomic E-state index is 0. The summed E-state index contributed by atoms with van der Waals surface area (Å²) in [6.07, 6.45) is 4.35. The van der Waals surface area contributed by atoms with Crippen LogP contribution in [-0.4, -0.2) is 25.0 Å². The predicted octanol–water partition coefficient (Wildman–Crippen LogP) is 2.66. The van der Waals surface area contributed by atoms with E-state index in [0.717, 1.165) is 43.8 Å². The highest BCUT2D eigenvalue weighted by molar-refractivity contribution is 6.30. The molecular formula is C15H20Cl2N2O. The van der Waals surface area contributed by atoms with Gasteiger partial charge in [-0.25, -0.2) is 0 Å². The second kappa shape index (κ2) is 6.33. The van der Waals surface area contributed by atoms with Crippen LogP contribution in [0.3, 0.4) is 0 Å². The van der Waals surface area contributed by atoms with Crippen molar-refractivity contribution in [3.8, 4) is 0 Å². The molecule has 2 N–H and O–H groups in total. The van der Waals surface area contributed by atoms with Crippen molar-refractivity contribution in [2.45, 2.75) is 37.1 Å². The van der Waals surface area contributed by atoms with Crippen LogP contribution in [0.5, 0.6) is 0 Å². The van der Waals surface area contributed by atoms with Crippen LogP contribution in [0.15, 0.2) is 24.3 Å². The Morgan fingerprint density at radius 2 is 2.05 bits per heavy atom. The highest BCUT2D eigenvalue weighted by Crippen LogP contribution is 2.47. The molecule has 110 valence electrons. The molecule has 2 aliphatic rings. The molecule has 0 spiro atoms. The molecule has 1 aliphatic heterocycles. The van der Waals surface area contributed by atoms with Gasteiger partial charge in [-0.15, -0.1) is 12.4 Å². The maximum absolute atomic E-state index is 12.0. The number of hydrogen-bond donors (Lipinski definition) is 2. The fourth-order valence-corrected chi connectivity index (χ4v) is 2.94. The van der Waals surface area contributed by atoms with Crippen LogP contribution in [0.4, 0.5) is 0 Å². The molecule has 2 fully saturated rings. The Balaban J connectivity index is 0.00000147. The van der Waals surface area contributed by atoms with Gasteiger partial charge in [0.2, 0.25) is 5.91 Å². The van der Waals surface area contributed by atoms with E-state index < -0.39 is 0 Å². The molecule has 1 unspecified atom stereocenters. The standard InChI is InChI=1S/C15H19ClN2O.ClH/c16-12-5-3-11(4-6-12)15(7-8-15)10-18-14(19)13-2-1-9-17-13;/h3-6,13,17H,1-2,7-10H2,(H,18,19);1H. The molecule has 20 heavy (non-hydrogen) atoms. The van der Waals surface area contributed by atoms with Crippen LogP contribution in [0.25, 0.3) is 0 Å². The van der Waals surface area contributed by atoms with E-state index in [2.05, 4.69) is 22.8 Å². The smallest absolute Gasteiger partial charge is 0.237 e. The number of benzene rings is 1. The lowest BCUT2D eigenvalue weighted by atomic mass is 9.96. The van der Waals surface area contributed by atoms with Gasteiger partial charge in [-0.05, 0) is 49.9 Å². The van der Waals surface area contributed by atoms with Crippen LogP contribution in [-0.2, 0) is 10.2 Å². The van der Waals surface area contributed by atoms with E-state index in [9.17, 15) is 4.79 Å². The molecule has 0 radical (unpaired) electrons. The van der Waals surface area contributed by atoms with E-state index in [0.29, 0.717) is 0 Å². The molecule has 1 saturated carbocycles. The van der Waals surface area contributed by atoms with E-state index in [1.807, 2.05) is 12.1 Å². The molecule has 3 nitrogen and oxygen atoms in total. The van der Waals surface area contributed by atoms with Gasteiger partial charge < -0.3 is 10.6 Å². The van der Waals surface area contributed by atoms with Crippen LogP contribution in [0.1, 0.15) is 31.2 Å². The maximum atomic E-state index is 12.0. The van der Waals surface area contributed by atoms with Gasteiger partial charge in [0.25, 0.3) is 0 Å². The van der Waals surface area contributed by atoms with Crippen molar-refractivity contribution in [2.24, 2.45) is 0 Å². The zero-order valence-corrected chi connectivity index (χ0v) is 12.9. The Morgan fingerprint density at radius 1 is 1.35 bits per heavy atom. The second-order valence-corrected chi connectivity index (χ2v) is 6.09. The van der Waals surface area contributed by atoms with Crippen LogP contribution in [0, 0.1) is 0 Å². The first-order chi connectivity index (χ1) is 9.20. The zero-order valence-electron chi connectivity index (χ0n) is 11.3. The summed E-state index contributed by atoms with van der Waals surface area (Å²) in [4.78, 5) is 12.0. The van der Waals surface area contributed by atoms with E-state index >= 15 is 0 Å². The second-order valence-electron chi connectivity index (χ2n) is 5.65. The molecule has 1 heterocycles. The summed E-state index contributed by atoms with van der Waals surface area (Å²) in [6, 6.07) is 8.03. The van der Waals surface area contributed by atoms with Crippen molar-refractivity contribution in [3.05, 3.63) is 34.9 Å². The first-order valence-corrected chi connectivity index (χ1v) is 7.35. The summed E-state index contributed by atoms with van der Waals surface area (Å²) < 4.78 is 0. The maximum Gasteiger partial charge on any atom is 0.237 e. The topological polar surface area (TPSA) is 41.1 Å². The summed E-state index contributed by atoms with van der Waals surface area (Å²) in [5.74, 6) is 0.151. The third-order valence-electron chi connectivity index (χ3n) is 4.29. The number of nitrogens with one attached hydrogen (secondary N) is 2. The minimum Gasteiger partial charge on any atom is -0.354 e. The van der Waals surface area contributed by atoms with E-state index in [-0.39, 0.29) is 29.8 Å². The lowest BCUT2D eigenvalue weighted by molar-refractivity contribution is -0.122. The fourth-order valence-electron chi connectivity index (χ4n) is 2.81. The van der Waals surface area contributed by atoms with Crippen LogP contribution >= 0.6 is 24.0 Å². The normalized spacial score (nSPS) is 22.9. The van der Waals surface area contributed by atoms with Gasteiger partial charge in [0.05, 0.1) is 6.04 Å². The van der Waals surface area contributed by atoms with Gasteiger partial charge >= 0.3 is 0 Å². The molecule has 1 aliphatic carbocycles. The molecule has 1 aromatic rings.